The maximum absolute atomic E-state index is 13.2. The van der Waals surface area contributed by atoms with Gasteiger partial charge < -0.3 is 20.1 Å². The van der Waals surface area contributed by atoms with Crippen LogP contribution in [-0.4, -0.2) is 27.3 Å². The number of aromatic carboxylic acids is 1. The normalized spacial score (nSPS) is 14.2. The largest absolute Gasteiger partial charge is 0.507 e. The number of carboxylic acid groups (broad SMARTS) is 1. The number of phenols is 2. The van der Waals surface area contributed by atoms with Gasteiger partial charge in [0.25, 0.3) is 0 Å². The third kappa shape index (κ3) is 3.19. The molecular weight excluding hydrogens is 556 g/mol. The van der Waals surface area contributed by atoms with Crippen LogP contribution >= 0.6 is 31.9 Å². The van der Waals surface area contributed by atoms with Gasteiger partial charge in [0.05, 0.1) is 20.1 Å². The lowest BCUT2D eigenvalue weighted by atomic mass is 9.73. The number of carboxylic acids is 1. The van der Waals surface area contributed by atoms with Crippen molar-refractivity contribution in [1.82, 2.24) is 0 Å². The summed E-state index contributed by atoms with van der Waals surface area (Å²) in [5, 5.41) is 31.5. The first kappa shape index (κ1) is 23.3. The predicted molar refractivity (Wildman–Crippen MR) is 129 cm³/mol. The summed E-state index contributed by atoms with van der Waals surface area (Å²) in [7, 11) is 0. The fourth-order valence-electron chi connectivity index (χ4n) is 4.57. The highest BCUT2D eigenvalue weighted by Gasteiger charge is 2.55. The maximum atomic E-state index is 13.2. The fourth-order valence-corrected chi connectivity index (χ4v) is 5.95. The Bertz CT molecular complexity index is 1260. The smallest absolute Gasteiger partial charge is 0.340 e. The molecule has 4 rings (SSSR count). The predicted octanol–water partition coefficient (Wildman–Crippen LogP) is 6.02. The average molecular weight is 576 g/mol. The number of carbonyl (C=O) groups excluding carboxylic acids is 1. The van der Waals surface area contributed by atoms with E-state index >= 15 is 0 Å². The summed E-state index contributed by atoms with van der Waals surface area (Å²) in [5.41, 5.74) is 1.95. The van der Waals surface area contributed by atoms with Gasteiger partial charge in [0.15, 0.2) is 5.60 Å². The molecule has 3 aromatic rings. The highest BCUT2D eigenvalue weighted by Crippen LogP contribution is 2.56. The minimum Gasteiger partial charge on any atom is -0.507 e. The van der Waals surface area contributed by atoms with Crippen LogP contribution in [0, 0.1) is 27.7 Å². The zero-order chi connectivity index (χ0) is 24.4. The second kappa shape index (κ2) is 7.88. The van der Waals surface area contributed by atoms with E-state index < -0.39 is 17.5 Å². The first-order valence-corrected chi connectivity index (χ1v) is 11.6. The molecule has 1 aliphatic heterocycles. The quantitative estimate of drug-likeness (QED) is 0.330. The average Bonchev–Trinajstić information content (AvgIpc) is 3.04. The number of hydrogen-bond donors (Lipinski definition) is 3. The minimum absolute atomic E-state index is 0.0876. The molecule has 3 aromatic carbocycles. The monoisotopic (exact) mass is 574 g/mol. The summed E-state index contributed by atoms with van der Waals surface area (Å²) in [5.74, 6) is -2.11. The van der Waals surface area contributed by atoms with Crippen LogP contribution in [0.2, 0.25) is 0 Å². The molecule has 0 atom stereocenters. The number of aromatic hydroxyl groups is 2. The van der Waals surface area contributed by atoms with Crippen LogP contribution in [-0.2, 0) is 10.3 Å². The third-order valence-electron chi connectivity index (χ3n) is 6.34. The number of fused-ring (bicyclic) bond motifs is 1. The van der Waals surface area contributed by atoms with Gasteiger partial charge in [0.2, 0.25) is 0 Å². The van der Waals surface area contributed by atoms with E-state index in [1.54, 1.807) is 26.0 Å². The molecular formula is C25H20Br2O6. The van der Waals surface area contributed by atoms with Crippen LogP contribution in [0.15, 0.2) is 39.3 Å². The molecule has 0 spiro atoms. The van der Waals surface area contributed by atoms with Gasteiger partial charge in [-0.05, 0) is 106 Å². The standard InChI is InChI=1S/C25H20Br2O6/c1-10-8-16(28)21(26)18(12(10)3)25(19-13(4)11(2)9-17(29)22(19)27)20-14(23(30)31)6-5-7-15(20)24(32)33-25/h5-9,28-29H,1-4H3,(H,30,31). The van der Waals surface area contributed by atoms with E-state index in [0.29, 0.717) is 33.4 Å². The van der Waals surface area contributed by atoms with E-state index in [1.807, 2.05) is 13.8 Å². The van der Waals surface area contributed by atoms with Crippen molar-refractivity contribution in [2.45, 2.75) is 33.3 Å². The maximum Gasteiger partial charge on any atom is 0.340 e. The number of rotatable bonds is 3. The van der Waals surface area contributed by atoms with E-state index in [1.165, 1.54) is 18.2 Å². The van der Waals surface area contributed by atoms with Gasteiger partial charge in [-0.25, -0.2) is 9.59 Å². The molecule has 1 heterocycles. The number of hydrogen-bond acceptors (Lipinski definition) is 5. The number of benzene rings is 3. The Labute approximate surface area is 207 Å². The van der Waals surface area contributed by atoms with Gasteiger partial charge in [-0.15, -0.1) is 0 Å². The summed E-state index contributed by atoms with van der Waals surface area (Å²) >= 11 is 6.92. The molecule has 3 N–H and O–H groups in total. The van der Waals surface area contributed by atoms with E-state index in [2.05, 4.69) is 31.9 Å². The van der Waals surface area contributed by atoms with Crippen molar-refractivity contribution in [1.29, 1.82) is 0 Å². The minimum atomic E-state index is -1.76. The second-order valence-electron chi connectivity index (χ2n) is 8.16. The van der Waals surface area contributed by atoms with E-state index in [0.717, 1.165) is 0 Å². The molecule has 0 unspecified atom stereocenters. The van der Waals surface area contributed by atoms with Crippen LogP contribution in [0.4, 0.5) is 0 Å². The Morgan fingerprint density at radius 2 is 1.36 bits per heavy atom. The molecule has 1 aliphatic rings. The molecule has 0 saturated heterocycles. The number of aryl methyl sites for hydroxylation is 2. The molecule has 8 heteroatoms. The molecule has 0 aliphatic carbocycles. The van der Waals surface area contributed by atoms with Gasteiger partial charge in [-0.1, -0.05) is 6.07 Å². The molecule has 0 fully saturated rings. The Balaban J connectivity index is 2.36. The van der Waals surface area contributed by atoms with Crippen LogP contribution in [0.3, 0.4) is 0 Å². The molecule has 0 saturated carbocycles. The molecule has 6 nitrogen and oxygen atoms in total. The summed E-state index contributed by atoms with van der Waals surface area (Å²) in [4.78, 5) is 25.6. The van der Waals surface area contributed by atoms with Crippen molar-refractivity contribution in [3.8, 4) is 11.5 Å². The van der Waals surface area contributed by atoms with E-state index in [-0.39, 0.29) is 37.1 Å². The summed E-state index contributed by atoms with van der Waals surface area (Å²) < 4.78 is 6.67. The Hall–Kier alpha value is -2.84. The van der Waals surface area contributed by atoms with Crippen LogP contribution in [0.25, 0.3) is 0 Å². The first-order chi connectivity index (χ1) is 15.4. The van der Waals surface area contributed by atoms with Gasteiger partial charge in [0, 0.05) is 16.7 Å². The number of esters is 1. The molecule has 0 aromatic heterocycles. The highest BCUT2D eigenvalue weighted by molar-refractivity contribution is 9.11. The van der Waals surface area contributed by atoms with Crippen molar-refractivity contribution in [3.63, 3.8) is 0 Å². The fraction of sp³-hybridized carbons (Fsp3) is 0.200. The van der Waals surface area contributed by atoms with Crippen LogP contribution in [0.1, 0.15) is 59.7 Å². The van der Waals surface area contributed by atoms with Gasteiger partial charge in [0.1, 0.15) is 11.5 Å². The lowest BCUT2D eigenvalue weighted by Gasteiger charge is -2.36. The van der Waals surface area contributed by atoms with Crippen molar-refractivity contribution in [2.24, 2.45) is 0 Å². The SMILES string of the molecule is Cc1cc(O)c(Br)c(C2(c3c(C)c(C)cc(O)c3Br)OC(=O)c3cccc(C(=O)O)c32)c1C. The molecule has 33 heavy (non-hydrogen) atoms. The lowest BCUT2D eigenvalue weighted by Crippen LogP contribution is -2.34. The molecule has 0 amide bonds. The van der Waals surface area contributed by atoms with Gasteiger partial charge in [-0.3, -0.25) is 0 Å². The summed E-state index contributed by atoms with van der Waals surface area (Å²) in [6, 6.07) is 7.57. The molecule has 170 valence electrons. The number of phenolic OH excluding ortho intramolecular Hbond substituents is 2. The van der Waals surface area contributed by atoms with Crippen molar-refractivity contribution < 1.29 is 29.6 Å². The first-order valence-electron chi connectivity index (χ1n) is 10.0. The molecule has 0 bridgehead atoms. The summed E-state index contributed by atoms with van der Waals surface area (Å²) in [6.07, 6.45) is 0. The van der Waals surface area contributed by atoms with Gasteiger partial charge >= 0.3 is 11.9 Å². The summed E-state index contributed by atoms with van der Waals surface area (Å²) in [6.45, 7) is 7.22. The van der Waals surface area contributed by atoms with Crippen LogP contribution in [0.5, 0.6) is 11.5 Å². The van der Waals surface area contributed by atoms with Crippen molar-refractivity contribution in [3.05, 3.63) is 89.3 Å². The number of ether oxygens (including phenoxy) is 1. The lowest BCUT2D eigenvalue weighted by molar-refractivity contribution is 0.0236. The van der Waals surface area contributed by atoms with Crippen molar-refractivity contribution >= 4 is 43.8 Å². The Kier molecular flexibility index (Phi) is 5.57. The highest BCUT2D eigenvalue weighted by atomic mass is 79.9. The molecule has 0 radical (unpaired) electrons. The number of halogens is 2. The van der Waals surface area contributed by atoms with Crippen LogP contribution < -0.4 is 0 Å². The zero-order valence-corrected chi connectivity index (χ0v) is 21.4. The zero-order valence-electron chi connectivity index (χ0n) is 18.2. The van der Waals surface area contributed by atoms with Crippen molar-refractivity contribution in [2.75, 3.05) is 0 Å². The number of carbonyl (C=O) groups is 2. The number of cyclic esters (lactones) is 1. The Morgan fingerprint density at radius 3 is 1.82 bits per heavy atom. The second-order valence-corrected chi connectivity index (χ2v) is 9.74. The van der Waals surface area contributed by atoms with E-state index in [4.69, 9.17) is 4.74 Å². The topological polar surface area (TPSA) is 104 Å². The van der Waals surface area contributed by atoms with Gasteiger partial charge in [-0.2, -0.15) is 0 Å². The van der Waals surface area contributed by atoms with E-state index in [9.17, 15) is 24.9 Å². The Morgan fingerprint density at radius 1 is 0.879 bits per heavy atom. The third-order valence-corrected chi connectivity index (χ3v) is 7.95.